The molecule has 2 fully saturated rings. The fourth-order valence-corrected chi connectivity index (χ4v) is 5.48. The second-order valence-electron chi connectivity index (χ2n) is 11.4. The Kier molecular flexibility index (Phi) is 8.21. The lowest BCUT2D eigenvalue weighted by Gasteiger charge is -2.29. The summed E-state index contributed by atoms with van der Waals surface area (Å²) in [5.74, 6) is 0.791. The monoisotopic (exact) mass is 594 g/mol. The van der Waals surface area contributed by atoms with Gasteiger partial charge in [0.15, 0.2) is 0 Å². The Hall–Kier alpha value is -4.89. The molecule has 7 nitrogen and oxygen atoms in total. The number of hydrogen-bond donors (Lipinski definition) is 2. The van der Waals surface area contributed by atoms with Crippen molar-refractivity contribution in [2.75, 3.05) is 25.9 Å². The molecule has 9 heteroatoms. The summed E-state index contributed by atoms with van der Waals surface area (Å²) in [5.41, 5.74) is 11.4. The smallest absolute Gasteiger partial charge is 0.224 e. The summed E-state index contributed by atoms with van der Waals surface area (Å²) in [6.45, 7) is 1.53. The number of hydrogen-bond acceptors (Lipinski definition) is 6. The maximum absolute atomic E-state index is 13.6. The minimum atomic E-state index is -0.532. The Morgan fingerprint density at radius 2 is 1.75 bits per heavy atom. The van der Waals surface area contributed by atoms with Crippen molar-refractivity contribution < 1.29 is 22.8 Å². The van der Waals surface area contributed by atoms with Crippen molar-refractivity contribution in [3.05, 3.63) is 108 Å². The Bertz CT molecular complexity index is 1770. The second kappa shape index (κ2) is 12.4. The standard InChI is InChI=1S/C31H24FN3O3.C4H8FN/c32-24-8-5-20(6-9-24)27-13-22(19-3-1-18(17-36)2-4-19)11-23-12-25(38-30(23)27)16-35-31(37)28-14-26(28)21-7-10-29(33)34-15-21;1-6-2-4(5)3-6/h1-13,15,17,26,28H,14,16H2,(H2,33,34)(H,35,37);4H,2-3H2,1H3. The van der Waals surface area contributed by atoms with Crippen molar-refractivity contribution >= 4 is 29.0 Å². The van der Waals surface area contributed by atoms with Crippen LogP contribution in [0.2, 0.25) is 0 Å². The molecule has 3 aromatic carbocycles. The number of furan rings is 1. The SMILES string of the molecule is CN1CC(F)C1.Nc1ccc(C2CC2C(=O)NCc2cc3cc(-c4ccc(C=O)cc4)cc(-c4ccc(F)cc4)c3o2)cn1. The van der Waals surface area contributed by atoms with Crippen LogP contribution >= 0.6 is 0 Å². The number of aromatic nitrogens is 1. The topological polar surface area (TPSA) is 101 Å². The summed E-state index contributed by atoms with van der Waals surface area (Å²) in [5, 5.41) is 3.86. The number of anilines is 1. The lowest BCUT2D eigenvalue weighted by molar-refractivity contribution is -0.122. The molecule has 2 aliphatic rings. The Labute approximate surface area is 253 Å². The lowest BCUT2D eigenvalue weighted by Crippen LogP contribution is -2.45. The molecule has 1 amide bonds. The first-order valence-electron chi connectivity index (χ1n) is 14.5. The van der Waals surface area contributed by atoms with Crippen molar-refractivity contribution in [1.82, 2.24) is 15.2 Å². The summed E-state index contributed by atoms with van der Waals surface area (Å²) < 4.78 is 31.6. The molecule has 2 atom stereocenters. The van der Waals surface area contributed by atoms with E-state index in [1.165, 1.54) is 12.1 Å². The van der Waals surface area contributed by atoms with Crippen LogP contribution in [0.4, 0.5) is 14.6 Å². The largest absolute Gasteiger partial charge is 0.459 e. The van der Waals surface area contributed by atoms with E-state index in [1.807, 2.05) is 48.3 Å². The number of nitrogens with one attached hydrogen (secondary N) is 1. The highest BCUT2D eigenvalue weighted by atomic mass is 19.1. The second-order valence-corrected chi connectivity index (χ2v) is 11.4. The van der Waals surface area contributed by atoms with E-state index in [0.717, 1.165) is 45.9 Å². The van der Waals surface area contributed by atoms with Crippen LogP contribution in [-0.4, -0.2) is 48.4 Å². The van der Waals surface area contributed by atoms with Gasteiger partial charge in [-0.1, -0.05) is 42.5 Å². The molecule has 7 rings (SSSR count). The number of likely N-dealkylation sites (tertiary alicyclic amines) is 1. The van der Waals surface area contributed by atoms with E-state index in [9.17, 15) is 18.4 Å². The van der Waals surface area contributed by atoms with E-state index in [4.69, 9.17) is 10.2 Å². The number of nitrogens with zero attached hydrogens (tertiary/aromatic N) is 2. The molecule has 5 aromatic rings. The maximum atomic E-state index is 13.6. The number of nitrogens with two attached hydrogens (primary N) is 1. The summed E-state index contributed by atoms with van der Waals surface area (Å²) >= 11 is 0. The summed E-state index contributed by atoms with van der Waals surface area (Å²) in [6.07, 6.45) is 2.78. The lowest BCUT2D eigenvalue weighted by atomic mass is 9.96. The predicted octanol–water partition coefficient (Wildman–Crippen LogP) is 6.39. The average Bonchev–Trinajstić information content (AvgIpc) is 3.71. The summed E-state index contributed by atoms with van der Waals surface area (Å²) in [6, 6.07) is 23.2. The van der Waals surface area contributed by atoms with Gasteiger partial charge in [-0.25, -0.2) is 13.8 Å². The normalized spacial score (nSPS) is 17.8. The van der Waals surface area contributed by atoms with E-state index in [0.29, 0.717) is 35.8 Å². The van der Waals surface area contributed by atoms with Crippen LogP contribution < -0.4 is 11.1 Å². The first-order valence-corrected chi connectivity index (χ1v) is 14.5. The van der Waals surface area contributed by atoms with Gasteiger partial charge in [0, 0.05) is 41.7 Å². The molecule has 1 aliphatic carbocycles. The molecule has 0 radical (unpaired) electrons. The van der Waals surface area contributed by atoms with Crippen molar-refractivity contribution in [1.29, 1.82) is 0 Å². The fourth-order valence-electron chi connectivity index (χ4n) is 5.48. The minimum absolute atomic E-state index is 0.0259. The van der Waals surface area contributed by atoms with Gasteiger partial charge in [0.1, 0.15) is 35.4 Å². The zero-order chi connectivity index (χ0) is 30.8. The van der Waals surface area contributed by atoms with Gasteiger partial charge in [-0.15, -0.1) is 0 Å². The van der Waals surface area contributed by atoms with Crippen molar-refractivity contribution in [2.24, 2.45) is 5.92 Å². The zero-order valence-corrected chi connectivity index (χ0v) is 24.2. The average molecular weight is 595 g/mol. The van der Waals surface area contributed by atoms with Crippen LogP contribution in [0.15, 0.2) is 89.5 Å². The van der Waals surface area contributed by atoms with Crippen LogP contribution in [0.25, 0.3) is 33.2 Å². The molecule has 1 saturated carbocycles. The molecule has 224 valence electrons. The first-order chi connectivity index (χ1) is 21.3. The van der Waals surface area contributed by atoms with Crippen LogP contribution in [0.1, 0.15) is 34.0 Å². The highest BCUT2D eigenvalue weighted by Gasteiger charge is 2.44. The molecule has 0 bridgehead atoms. The number of rotatable bonds is 7. The zero-order valence-electron chi connectivity index (χ0n) is 24.2. The van der Waals surface area contributed by atoms with Crippen molar-refractivity contribution in [2.45, 2.75) is 25.1 Å². The first kappa shape index (κ1) is 29.2. The number of nitrogen functional groups attached to an aromatic ring is 1. The number of halogens is 2. The number of carbonyl (C=O) groups excluding carboxylic acids is 2. The highest BCUT2D eigenvalue weighted by molar-refractivity contribution is 5.97. The van der Waals surface area contributed by atoms with E-state index < -0.39 is 6.17 Å². The third-order valence-corrected chi connectivity index (χ3v) is 8.02. The molecule has 2 aromatic heterocycles. The Morgan fingerprint density at radius 3 is 2.36 bits per heavy atom. The van der Waals surface area contributed by atoms with E-state index >= 15 is 0 Å². The summed E-state index contributed by atoms with van der Waals surface area (Å²) in [7, 11) is 1.91. The molecule has 3 heterocycles. The van der Waals surface area contributed by atoms with Gasteiger partial charge in [0.2, 0.25) is 5.91 Å². The third kappa shape index (κ3) is 6.53. The third-order valence-electron chi connectivity index (χ3n) is 8.02. The fraction of sp³-hybridized carbons (Fsp3) is 0.229. The van der Waals surface area contributed by atoms with Crippen LogP contribution in [-0.2, 0) is 11.3 Å². The maximum Gasteiger partial charge on any atom is 0.224 e. The molecular formula is C35H32F2N4O3. The van der Waals surface area contributed by atoms with E-state index in [-0.39, 0.29) is 30.1 Å². The van der Waals surface area contributed by atoms with Crippen LogP contribution in [0, 0.1) is 11.7 Å². The Balaban J connectivity index is 0.000000513. The van der Waals surface area contributed by atoms with Crippen LogP contribution in [0.3, 0.4) is 0 Å². The predicted molar refractivity (Wildman–Crippen MR) is 166 cm³/mol. The van der Waals surface area contributed by atoms with Crippen molar-refractivity contribution in [3.63, 3.8) is 0 Å². The van der Waals surface area contributed by atoms with Gasteiger partial charge >= 0.3 is 0 Å². The number of aldehydes is 1. The molecule has 3 N–H and O–H groups in total. The molecule has 44 heavy (non-hydrogen) atoms. The molecule has 2 unspecified atom stereocenters. The quantitative estimate of drug-likeness (QED) is 0.212. The Morgan fingerprint density at radius 1 is 1.02 bits per heavy atom. The number of fused-ring (bicyclic) bond motifs is 1. The molecule has 1 aliphatic heterocycles. The minimum Gasteiger partial charge on any atom is -0.459 e. The van der Waals surface area contributed by atoms with E-state index in [1.54, 1.807) is 36.5 Å². The van der Waals surface area contributed by atoms with Gasteiger partial charge in [0.05, 0.1) is 6.54 Å². The number of pyridine rings is 1. The van der Waals surface area contributed by atoms with Gasteiger partial charge in [-0.05, 0) is 78.0 Å². The van der Waals surface area contributed by atoms with Gasteiger partial charge in [0.25, 0.3) is 0 Å². The van der Waals surface area contributed by atoms with Gasteiger partial charge < -0.3 is 20.4 Å². The summed E-state index contributed by atoms with van der Waals surface area (Å²) in [4.78, 5) is 29.9. The highest BCUT2D eigenvalue weighted by Crippen LogP contribution is 2.47. The molecule has 1 saturated heterocycles. The molecule has 0 spiro atoms. The van der Waals surface area contributed by atoms with Crippen molar-refractivity contribution in [3.8, 4) is 22.3 Å². The van der Waals surface area contributed by atoms with Gasteiger partial charge in [-0.2, -0.15) is 0 Å². The number of carbonyl (C=O) groups is 2. The van der Waals surface area contributed by atoms with Crippen LogP contribution in [0.5, 0.6) is 0 Å². The van der Waals surface area contributed by atoms with E-state index in [2.05, 4.69) is 10.3 Å². The number of benzene rings is 3. The molecular weight excluding hydrogens is 562 g/mol. The van der Waals surface area contributed by atoms with Gasteiger partial charge in [-0.3, -0.25) is 9.59 Å². The number of alkyl halides is 1. The number of amides is 1.